The van der Waals surface area contributed by atoms with Gasteiger partial charge in [-0.05, 0) is 47.9 Å². The zero-order chi connectivity index (χ0) is 20.3. The van der Waals surface area contributed by atoms with Gasteiger partial charge in [0.05, 0.1) is 4.90 Å². The molecule has 144 valence electrons. The summed E-state index contributed by atoms with van der Waals surface area (Å²) in [5.74, 6) is -0.265. The Labute approximate surface area is 169 Å². The number of amides is 1. The van der Waals surface area contributed by atoms with Crippen molar-refractivity contribution in [3.05, 3.63) is 103 Å². The first-order valence-corrected chi connectivity index (χ1v) is 10.5. The minimum atomic E-state index is -3.67. The lowest BCUT2D eigenvalue weighted by Gasteiger charge is -2.10. The van der Waals surface area contributed by atoms with Gasteiger partial charge < -0.3 is 5.32 Å². The highest BCUT2D eigenvalue weighted by Gasteiger charge is 2.14. The zero-order valence-electron chi connectivity index (χ0n) is 15.4. The second-order valence-corrected chi connectivity index (χ2v) is 8.16. The summed E-state index contributed by atoms with van der Waals surface area (Å²) >= 11 is 0. The molecule has 0 aliphatic heterocycles. The lowest BCUT2D eigenvalue weighted by atomic mass is 10.1. The van der Waals surface area contributed by atoms with E-state index in [1.165, 1.54) is 12.1 Å². The molecule has 0 saturated carbocycles. The van der Waals surface area contributed by atoms with Crippen LogP contribution in [-0.4, -0.2) is 14.3 Å². The fourth-order valence-corrected chi connectivity index (χ4v) is 4.11. The number of rotatable bonds is 5. The summed E-state index contributed by atoms with van der Waals surface area (Å²) in [6, 6.07) is 28.0. The SMILES string of the molecule is O=C(Nc1cccc2ccccc12)c1ccc(NS(=O)(=O)c2ccccc2)cc1. The maximum atomic E-state index is 12.6. The molecule has 6 heteroatoms. The van der Waals surface area contributed by atoms with E-state index >= 15 is 0 Å². The standard InChI is InChI=1S/C23H18N2O3S/c26-23(24-22-12-6-8-17-7-4-5-11-21(17)22)18-13-15-19(16-14-18)25-29(27,28)20-9-2-1-3-10-20/h1-16,25H,(H,24,26). The van der Waals surface area contributed by atoms with E-state index < -0.39 is 10.0 Å². The van der Waals surface area contributed by atoms with Crippen molar-refractivity contribution in [1.82, 2.24) is 0 Å². The van der Waals surface area contributed by atoms with Gasteiger partial charge in [0, 0.05) is 22.3 Å². The first kappa shape index (κ1) is 18.7. The van der Waals surface area contributed by atoms with Gasteiger partial charge in [-0.15, -0.1) is 0 Å². The molecule has 0 aliphatic carbocycles. The number of hydrogen-bond acceptors (Lipinski definition) is 3. The van der Waals surface area contributed by atoms with Gasteiger partial charge in [0.25, 0.3) is 15.9 Å². The maximum absolute atomic E-state index is 12.6. The topological polar surface area (TPSA) is 75.3 Å². The van der Waals surface area contributed by atoms with E-state index in [1.807, 2.05) is 42.5 Å². The Morgan fingerprint density at radius 1 is 0.690 bits per heavy atom. The minimum absolute atomic E-state index is 0.178. The Kier molecular flexibility index (Phi) is 5.01. The maximum Gasteiger partial charge on any atom is 0.261 e. The molecule has 2 N–H and O–H groups in total. The molecular formula is C23H18N2O3S. The molecule has 4 rings (SSSR count). The molecule has 4 aromatic carbocycles. The Morgan fingerprint density at radius 3 is 2.10 bits per heavy atom. The van der Waals surface area contributed by atoms with Crippen molar-refractivity contribution in [1.29, 1.82) is 0 Å². The Bertz CT molecular complexity index is 1260. The van der Waals surface area contributed by atoms with E-state index in [-0.39, 0.29) is 10.8 Å². The van der Waals surface area contributed by atoms with E-state index in [9.17, 15) is 13.2 Å². The number of sulfonamides is 1. The van der Waals surface area contributed by atoms with Crippen LogP contribution in [0.15, 0.2) is 102 Å². The fraction of sp³-hybridized carbons (Fsp3) is 0. The van der Waals surface area contributed by atoms with Crippen LogP contribution in [0.25, 0.3) is 10.8 Å². The van der Waals surface area contributed by atoms with Gasteiger partial charge in [0.15, 0.2) is 0 Å². The Morgan fingerprint density at radius 2 is 1.34 bits per heavy atom. The predicted molar refractivity (Wildman–Crippen MR) is 116 cm³/mol. The van der Waals surface area contributed by atoms with Gasteiger partial charge in [-0.3, -0.25) is 9.52 Å². The largest absolute Gasteiger partial charge is 0.321 e. The van der Waals surface area contributed by atoms with Crippen molar-refractivity contribution in [2.75, 3.05) is 10.0 Å². The summed E-state index contributed by atoms with van der Waals surface area (Å²) in [5, 5.41) is 4.91. The summed E-state index contributed by atoms with van der Waals surface area (Å²) in [7, 11) is -3.67. The molecule has 5 nitrogen and oxygen atoms in total. The second kappa shape index (κ2) is 7.77. The summed E-state index contributed by atoms with van der Waals surface area (Å²) in [4.78, 5) is 12.8. The zero-order valence-corrected chi connectivity index (χ0v) is 16.2. The van der Waals surface area contributed by atoms with Gasteiger partial charge in [-0.2, -0.15) is 0 Å². The molecule has 0 unspecified atom stereocenters. The highest BCUT2D eigenvalue weighted by atomic mass is 32.2. The van der Waals surface area contributed by atoms with Gasteiger partial charge in [0.1, 0.15) is 0 Å². The number of anilines is 2. The number of fused-ring (bicyclic) bond motifs is 1. The third-order valence-electron chi connectivity index (χ3n) is 4.49. The van der Waals surface area contributed by atoms with Gasteiger partial charge in [-0.1, -0.05) is 54.6 Å². The van der Waals surface area contributed by atoms with Crippen molar-refractivity contribution in [3.63, 3.8) is 0 Å². The van der Waals surface area contributed by atoms with Crippen molar-refractivity contribution in [2.24, 2.45) is 0 Å². The molecule has 0 aliphatic rings. The lowest BCUT2D eigenvalue weighted by Crippen LogP contribution is -2.14. The average molecular weight is 402 g/mol. The minimum Gasteiger partial charge on any atom is -0.321 e. The molecule has 0 spiro atoms. The number of benzene rings is 4. The average Bonchev–Trinajstić information content (AvgIpc) is 2.75. The van der Waals surface area contributed by atoms with Crippen LogP contribution in [-0.2, 0) is 10.0 Å². The van der Waals surface area contributed by atoms with Crippen LogP contribution in [0.1, 0.15) is 10.4 Å². The van der Waals surface area contributed by atoms with Gasteiger partial charge >= 0.3 is 0 Å². The normalized spacial score (nSPS) is 11.2. The molecule has 0 fully saturated rings. The third kappa shape index (κ3) is 4.12. The van der Waals surface area contributed by atoms with Crippen LogP contribution < -0.4 is 10.0 Å². The monoisotopic (exact) mass is 402 g/mol. The smallest absolute Gasteiger partial charge is 0.261 e. The number of hydrogen-bond donors (Lipinski definition) is 2. The molecule has 0 atom stereocenters. The number of carbonyl (C=O) groups is 1. The van der Waals surface area contributed by atoms with Crippen LogP contribution >= 0.6 is 0 Å². The molecule has 0 saturated heterocycles. The number of carbonyl (C=O) groups excluding carboxylic acids is 1. The van der Waals surface area contributed by atoms with E-state index in [0.717, 1.165) is 16.5 Å². The molecular weight excluding hydrogens is 384 g/mol. The molecule has 4 aromatic rings. The number of nitrogens with one attached hydrogen (secondary N) is 2. The van der Waals surface area contributed by atoms with Crippen molar-refractivity contribution in [3.8, 4) is 0 Å². The van der Waals surface area contributed by atoms with Crippen LogP contribution in [0.3, 0.4) is 0 Å². The Balaban J connectivity index is 1.51. The summed E-state index contributed by atoms with van der Waals surface area (Å²) < 4.78 is 27.3. The molecule has 0 aromatic heterocycles. The first-order chi connectivity index (χ1) is 14.0. The quantitative estimate of drug-likeness (QED) is 0.499. The fourth-order valence-electron chi connectivity index (χ4n) is 3.03. The summed E-state index contributed by atoms with van der Waals surface area (Å²) in [6.45, 7) is 0. The van der Waals surface area contributed by atoms with Crippen molar-refractivity contribution in [2.45, 2.75) is 4.90 Å². The molecule has 0 heterocycles. The summed E-state index contributed by atoms with van der Waals surface area (Å²) in [6.07, 6.45) is 0. The van der Waals surface area contributed by atoms with Crippen LogP contribution in [0, 0.1) is 0 Å². The van der Waals surface area contributed by atoms with Gasteiger partial charge in [0.2, 0.25) is 0 Å². The van der Waals surface area contributed by atoms with Crippen LogP contribution in [0.5, 0.6) is 0 Å². The van der Waals surface area contributed by atoms with Crippen molar-refractivity contribution >= 4 is 38.1 Å². The van der Waals surface area contributed by atoms with E-state index in [0.29, 0.717) is 11.3 Å². The lowest BCUT2D eigenvalue weighted by molar-refractivity contribution is 0.102. The highest BCUT2D eigenvalue weighted by molar-refractivity contribution is 7.92. The van der Waals surface area contributed by atoms with E-state index in [1.54, 1.807) is 42.5 Å². The van der Waals surface area contributed by atoms with Crippen LogP contribution in [0.4, 0.5) is 11.4 Å². The van der Waals surface area contributed by atoms with E-state index in [2.05, 4.69) is 10.0 Å². The molecule has 0 bridgehead atoms. The first-order valence-electron chi connectivity index (χ1n) is 9.00. The third-order valence-corrected chi connectivity index (χ3v) is 5.89. The molecule has 0 radical (unpaired) electrons. The van der Waals surface area contributed by atoms with E-state index in [4.69, 9.17) is 0 Å². The summed E-state index contributed by atoms with van der Waals surface area (Å²) in [5.41, 5.74) is 1.54. The second-order valence-electron chi connectivity index (χ2n) is 6.48. The van der Waals surface area contributed by atoms with Crippen LogP contribution in [0.2, 0.25) is 0 Å². The Hall–Kier alpha value is -3.64. The molecule has 1 amide bonds. The predicted octanol–water partition coefficient (Wildman–Crippen LogP) is 4.89. The van der Waals surface area contributed by atoms with Gasteiger partial charge in [-0.25, -0.2) is 8.42 Å². The van der Waals surface area contributed by atoms with Crippen molar-refractivity contribution < 1.29 is 13.2 Å². The molecule has 29 heavy (non-hydrogen) atoms. The highest BCUT2D eigenvalue weighted by Crippen LogP contribution is 2.24.